The number of carbonyl (C=O) groups excluding carboxylic acids is 2. The summed E-state index contributed by atoms with van der Waals surface area (Å²) in [6, 6.07) is 10.8. The van der Waals surface area contributed by atoms with Gasteiger partial charge in [0.15, 0.2) is 5.90 Å². The average molecular weight is 724 g/mol. The van der Waals surface area contributed by atoms with Crippen molar-refractivity contribution >= 4 is 45.1 Å². The number of aliphatic imine (C=N–C) groups is 1. The van der Waals surface area contributed by atoms with Crippen LogP contribution in [-0.4, -0.2) is 69.9 Å². The number of amides is 1. The van der Waals surface area contributed by atoms with Gasteiger partial charge in [-0.2, -0.15) is 0 Å². The second-order valence-corrected chi connectivity index (χ2v) is 17.5. The maximum absolute atomic E-state index is 13.6. The number of benzene rings is 2. The Morgan fingerprint density at radius 1 is 1.12 bits per heavy atom. The van der Waals surface area contributed by atoms with Crippen LogP contribution in [0, 0.1) is 17.8 Å². The Hall–Kier alpha value is -3.41. The molecule has 1 fully saturated rings. The molecule has 7 rings (SSSR count). The number of carbonyl (C=O) groups is 2. The molecule has 10 nitrogen and oxygen atoms in total. The third kappa shape index (κ3) is 6.34. The number of rotatable bonds is 3. The van der Waals surface area contributed by atoms with Crippen LogP contribution in [0.3, 0.4) is 0 Å². The molecule has 0 saturated heterocycles. The summed E-state index contributed by atoms with van der Waals surface area (Å²) < 4.78 is 48.0. The molecule has 7 atom stereocenters. The third-order valence-corrected chi connectivity index (χ3v) is 14.1. The standard InChI is InChI=1S/C38H46ClN3O7S/c1-23-7-5-16-38(47-4,19-34-40-24(2)36(44)49-34)31-12-9-28(31)20-42-21-37(15-6-8-26-17-29(39)11-13-30(26)37)22-48-33-14-10-27(18-32(33)42)35(43)41-50(45,46)25(23)3/h5,10-11,13-14,16-18,23-25,28,31H,6-9,12,15,19-22H2,1-4H3,(H,41,43)/b16-5-/t23-,24+,25+,28-,31+,37-,38+/m0/s1. The molecule has 1 amide bonds. The number of hydrogen-bond acceptors (Lipinski definition) is 9. The molecule has 50 heavy (non-hydrogen) atoms. The summed E-state index contributed by atoms with van der Waals surface area (Å²) in [7, 11) is -2.32. The van der Waals surface area contributed by atoms with Crippen LogP contribution in [0.2, 0.25) is 5.02 Å². The van der Waals surface area contributed by atoms with E-state index in [1.807, 2.05) is 25.1 Å². The van der Waals surface area contributed by atoms with Gasteiger partial charge in [-0.25, -0.2) is 22.9 Å². The number of fused-ring (bicyclic) bond motifs is 4. The third-order valence-electron chi connectivity index (χ3n) is 11.9. The van der Waals surface area contributed by atoms with Crippen molar-refractivity contribution in [1.82, 2.24) is 4.72 Å². The zero-order valence-electron chi connectivity index (χ0n) is 29.1. The number of nitrogens with one attached hydrogen (secondary N) is 1. The van der Waals surface area contributed by atoms with Gasteiger partial charge in [-0.15, -0.1) is 0 Å². The summed E-state index contributed by atoms with van der Waals surface area (Å²) in [6.45, 7) is 6.97. The number of allylic oxidation sites excluding steroid dienone is 1. The number of esters is 1. The van der Waals surface area contributed by atoms with E-state index in [1.54, 1.807) is 39.2 Å². The van der Waals surface area contributed by atoms with E-state index < -0.39 is 32.8 Å². The Balaban J connectivity index is 1.33. The van der Waals surface area contributed by atoms with Crippen LogP contribution in [0.1, 0.15) is 80.8 Å². The molecule has 5 aliphatic rings. The molecular weight excluding hydrogens is 678 g/mol. The maximum atomic E-state index is 13.6. The van der Waals surface area contributed by atoms with Crippen molar-refractivity contribution in [2.75, 3.05) is 31.7 Å². The minimum Gasteiger partial charge on any atom is -0.490 e. The van der Waals surface area contributed by atoms with Crippen LogP contribution >= 0.6 is 11.6 Å². The van der Waals surface area contributed by atoms with E-state index in [2.05, 4.69) is 26.7 Å². The van der Waals surface area contributed by atoms with Gasteiger partial charge in [0.25, 0.3) is 5.91 Å². The number of nitrogens with zero attached hydrogens (tertiary/aromatic N) is 2. The Labute approximate surface area is 299 Å². The van der Waals surface area contributed by atoms with Crippen molar-refractivity contribution in [3.8, 4) is 5.75 Å². The summed E-state index contributed by atoms with van der Waals surface area (Å²) in [5, 5.41) is -0.134. The lowest BCUT2D eigenvalue weighted by atomic mass is 9.63. The number of ether oxygens (including phenoxy) is 3. The molecule has 268 valence electrons. The van der Waals surface area contributed by atoms with Crippen LogP contribution in [-0.2, 0) is 36.1 Å². The molecule has 12 heteroatoms. The SMILES string of the molecule is CO[C@@]1(CC2=N[C@H](C)C(=O)O2)/C=C\C[C@H](C)[C@@H](C)S(=O)(=O)NC(=O)c2ccc3c(c2)N(C[C@@H]2CC[C@H]21)C[C@@]1(CCCc2cc(Cl)ccc21)CO3. The van der Waals surface area contributed by atoms with Gasteiger partial charge in [0.05, 0.1) is 29.6 Å². The first-order valence-corrected chi connectivity index (χ1v) is 19.6. The normalized spacial score (nSPS) is 34.2. The summed E-state index contributed by atoms with van der Waals surface area (Å²) in [4.78, 5) is 32.8. The summed E-state index contributed by atoms with van der Waals surface area (Å²) in [5.41, 5.74) is 2.32. The van der Waals surface area contributed by atoms with Crippen molar-refractivity contribution in [2.24, 2.45) is 22.7 Å². The zero-order valence-corrected chi connectivity index (χ0v) is 30.7. The van der Waals surface area contributed by atoms with E-state index in [0.717, 1.165) is 37.8 Å². The fraction of sp³-hybridized carbons (Fsp3) is 0.553. The maximum Gasteiger partial charge on any atom is 0.337 e. The van der Waals surface area contributed by atoms with Crippen molar-refractivity contribution in [3.63, 3.8) is 0 Å². The number of halogens is 1. The molecule has 2 aromatic carbocycles. The summed E-state index contributed by atoms with van der Waals surface area (Å²) in [5.74, 6) is -0.0909. The van der Waals surface area contributed by atoms with Gasteiger partial charge in [-0.1, -0.05) is 36.7 Å². The van der Waals surface area contributed by atoms with Crippen LogP contribution < -0.4 is 14.4 Å². The molecule has 2 aliphatic carbocycles. The first kappa shape index (κ1) is 35.0. The van der Waals surface area contributed by atoms with Crippen LogP contribution in [0.4, 0.5) is 5.69 Å². The van der Waals surface area contributed by atoms with Crippen LogP contribution in [0.15, 0.2) is 53.5 Å². The molecule has 0 unspecified atom stereocenters. The van der Waals surface area contributed by atoms with E-state index in [4.69, 9.17) is 25.8 Å². The molecule has 1 N–H and O–H groups in total. The molecule has 3 aliphatic heterocycles. The molecule has 0 aromatic heterocycles. The van der Waals surface area contributed by atoms with E-state index in [-0.39, 0.29) is 41.1 Å². The molecule has 1 spiro atoms. The van der Waals surface area contributed by atoms with Crippen molar-refractivity contribution in [3.05, 3.63) is 70.3 Å². The van der Waals surface area contributed by atoms with E-state index >= 15 is 0 Å². The molecule has 3 heterocycles. The Morgan fingerprint density at radius 2 is 1.94 bits per heavy atom. The van der Waals surface area contributed by atoms with Gasteiger partial charge < -0.3 is 19.1 Å². The lowest BCUT2D eigenvalue weighted by Gasteiger charge is -2.50. The number of sulfonamides is 1. The predicted octanol–water partition coefficient (Wildman–Crippen LogP) is 6.00. The minimum atomic E-state index is -4.01. The van der Waals surface area contributed by atoms with Gasteiger partial charge in [-0.3, -0.25) is 4.79 Å². The highest BCUT2D eigenvalue weighted by Crippen LogP contribution is 2.50. The Kier molecular flexibility index (Phi) is 9.31. The van der Waals surface area contributed by atoms with E-state index in [9.17, 15) is 18.0 Å². The fourth-order valence-corrected chi connectivity index (χ4v) is 10.1. The Morgan fingerprint density at radius 3 is 2.66 bits per heavy atom. The highest BCUT2D eigenvalue weighted by atomic mass is 35.5. The van der Waals surface area contributed by atoms with Crippen molar-refractivity contribution in [1.29, 1.82) is 0 Å². The monoisotopic (exact) mass is 723 g/mol. The minimum absolute atomic E-state index is 0.0536. The Bertz CT molecular complexity index is 1860. The fourth-order valence-electron chi connectivity index (χ4n) is 8.65. The lowest BCUT2D eigenvalue weighted by Crippen LogP contribution is -2.53. The van der Waals surface area contributed by atoms with Crippen LogP contribution in [0.25, 0.3) is 0 Å². The van der Waals surface area contributed by atoms with Gasteiger partial charge in [0, 0.05) is 36.2 Å². The average Bonchev–Trinajstić information content (AvgIpc) is 3.29. The molecule has 1 saturated carbocycles. The van der Waals surface area contributed by atoms with Gasteiger partial charge in [0.1, 0.15) is 11.8 Å². The van der Waals surface area contributed by atoms with E-state index in [0.29, 0.717) is 42.8 Å². The second kappa shape index (κ2) is 13.3. The first-order chi connectivity index (χ1) is 23.8. The second-order valence-electron chi connectivity index (χ2n) is 15.0. The van der Waals surface area contributed by atoms with Gasteiger partial charge in [0.2, 0.25) is 10.0 Å². The number of aryl methyl sites for hydroxylation is 1. The van der Waals surface area contributed by atoms with E-state index in [1.165, 1.54) is 11.1 Å². The highest BCUT2D eigenvalue weighted by Gasteiger charge is 2.50. The number of anilines is 1. The van der Waals surface area contributed by atoms with Crippen molar-refractivity contribution < 1.29 is 32.2 Å². The molecule has 0 radical (unpaired) electrons. The quantitative estimate of drug-likeness (QED) is 0.302. The summed E-state index contributed by atoms with van der Waals surface area (Å²) in [6.07, 6.45) is 9.46. The van der Waals surface area contributed by atoms with Gasteiger partial charge >= 0.3 is 5.97 Å². The molecular formula is C38H46ClN3O7S. The smallest absolute Gasteiger partial charge is 0.337 e. The zero-order chi connectivity index (χ0) is 35.4. The first-order valence-electron chi connectivity index (χ1n) is 17.7. The lowest BCUT2D eigenvalue weighted by molar-refractivity contribution is -0.135. The molecule has 2 aromatic rings. The largest absolute Gasteiger partial charge is 0.490 e. The topological polar surface area (TPSA) is 124 Å². The number of cyclic esters (lactones) is 1. The molecule has 2 bridgehead atoms. The number of methoxy groups -OCH3 is 1. The summed E-state index contributed by atoms with van der Waals surface area (Å²) >= 11 is 6.46. The highest BCUT2D eigenvalue weighted by molar-refractivity contribution is 7.90. The predicted molar refractivity (Wildman–Crippen MR) is 193 cm³/mol. The van der Waals surface area contributed by atoms with Crippen molar-refractivity contribution in [2.45, 2.75) is 88.0 Å². The van der Waals surface area contributed by atoms with Crippen LogP contribution in [0.5, 0.6) is 5.75 Å². The number of hydrogen-bond donors (Lipinski definition) is 1. The van der Waals surface area contributed by atoms with Gasteiger partial charge in [-0.05, 0) is 112 Å².